The van der Waals surface area contributed by atoms with Crippen LogP contribution >= 0.6 is 0 Å². The highest BCUT2D eigenvalue weighted by Gasteiger charge is 2.48. The second-order valence-corrected chi connectivity index (χ2v) is 4.45. The first-order valence-electron chi connectivity index (χ1n) is 3.09. The highest BCUT2D eigenvalue weighted by molar-refractivity contribution is 7.88. The quantitative estimate of drug-likeness (QED) is 0.428. The second kappa shape index (κ2) is 2.07. The molecule has 0 N–H and O–H groups in total. The van der Waals surface area contributed by atoms with Gasteiger partial charge in [-0.25, -0.2) is 8.42 Å². The molecule has 1 heterocycles. The summed E-state index contributed by atoms with van der Waals surface area (Å²) in [5.41, 5.74) is 0. The summed E-state index contributed by atoms with van der Waals surface area (Å²) < 4.78 is 23.1. The fraction of sp³-hybridized carbons (Fsp3) is 0.667. The lowest BCUT2D eigenvalue weighted by atomic mass is 10.3. The summed E-state index contributed by atoms with van der Waals surface area (Å²) >= 11 is 0. The summed E-state index contributed by atoms with van der Waals surface area (Å²) in [6.45, 7) is 5.40. The van der Waals surface area contributed by atoms with E-state index in [0.29, 0.717) is 0 Å². The molecule has 1 unspecified atom stereocenters. The lowest BCUT2D eigenvalue weighted by Crippen LogP contribution is -2.11. The minimum Gasteiger partial charge on any atom is -0.212 e. The van der Waals surface area contributed by atoms with Gasteiger partial charge in [0.2, 0.25) is 10.0 Å². The molecule has 0 spiro atoms. The molecule has 0 saturated carbocycles. The van der Waals surface area contributed by atoms with Crippen LogP contribution in [-0.2, 0) is 10.0 Å². The van der Waals surface area contributed by atoms with E-state index in [9.17, 15) is 8.42 Å². The van der Waals surface area contributed by atoms with Gasteiger partial charge >= 0.3 is 0 Å². The second-order valence-electron chi connectivity index (χ2n) is 2.56. The van der Waals surface area contributed by atoms with Gasteiger partial charge in [-0.05, 0) is 6.92 Å². The van der Waals surface area contributed by atoms with Crippen LogP contribution in [-0.4, -0.2) is 31.1 Å². The van der Waals surface area contributed by atoms with Crippen molar-refractivity contribution in [3.05, 3.63) is 12.7 Å². The molecular weight excluding hydrogens is 150 g/mol. The van der Waals surface area contributed by atoms with Crippen LogP contribution in [0.25, 0.3) is 0 Å². The third kappa shape index (κ3) is 1.09. The molecule has 4 heteroatoms. The van der Waals surface area contributed by atoms with E-state index in [4.69, 9.17) is 0 Å². The van der Waals surface area contributed by atoms with Crippen molar-refractivity contribution >= 4 is 10.0 Å². The normalized spacial score (nSPS) is 39.2. The van der Waals surface area contributed by atoms with Gasteiger partial charge in [0.25, 0.3) is 0 Å². The Kier molecular flexibility index (Phi) is 1.60. The van der Waals surface area contributed by atoms with Crippen LogP contribution in [0.1, 0.15) is 6.92 Å². The predicted molar refractivity (Wildman–Crippen MR) is 40.1 cm³/mol. The Hall–Kier alpha value is -0.350. The molecule has 1 fully saturated rings. The summed E-state index contributed by atoms with van der Waals surface area (Å²) in [6.07, 6.45) is 2.87. The summed E-state index contributed by atoms with van der Waals surface area (Å²) in [6, 6.07) is 0.155. The molecule has 0 aromatic rings. The van der Waals surface area contributed by atoms with Gasteiger partial charge in [-0.15, -0.1) is 6.58 Å². The minimum atomic E-state index is -2.98. The molecule has 0 aromatic heterocycles. The van der Waals surface area contributed by atoms with E-state index in [1.165, 1.54) is 10.6 Å². The fourth-order valence-electron chi connectivity index (χ4n) is 1.17. The average molecular weight is 161 g/mol. The first kappa shape index (κ1) is 7.75. The Morgan fingerprint density at radius 3 is 2.20 bits per heavy atom. The SMILES string of the molecule is C=C[C@H]1[C@H](C)N1S(C)(=O)=O. The molecule has 0 aromatic carbocycles. The van der Waals surface area contributed by atoms with E-state index in [-0.39, 0.29) is 12.1 Å². The molecule has 3 atom stereocenters. The summed E-state index contributed by atoms with van der Waals surface area (Å²) in [4.78, 5) is 0. The number of sulfonamides is 1. The maximum Gasteiger partial charge on any atom is 0.212 e. The van der Waals surface area contributed by atoms with Gasteiger partial charge in [-0.1, -0.05) is 6.08 Å². The van der Waals surface area contributed by atoms with Crippen molar-refractivity contribution in [2.45, 2.75) is 19.0 Å². The Morgan fingerprint density at radius 2 is 2.10 bits per heavy atom. The average Bonchev–Trinajstić information content (AvgIpc) is 2.39. The summed E-state index contributed by atoms with van der Waals surface area (Å²) in [5.74, 6) is 0. The van der Waals surface area contributed by atoms with Gasteiger partial charge in [-0.3, -0.25) is 0 Å². The van der Waals surface area contributed by atoms with E-state index in [0.717, 1.165) is 0 Å². The van der Waals surface area contributed by atoms with Gasteiger partial charge < -0.3 is 0 Å². The number of nitrogens with zero attached hydrogens (tertiary/aromatic N) is 1. The van der Waals surface area contributed by atoms with Crippen LogP contribution < -0.4 is 0 Å². The number of hydrogen-bond acceptors (Lipinski definition) is 2. The van der Waals surface area contributed by atoms with Crippen LogP contribution in [0.4, 0.5) is 0 Å². The molecule has 58 valence electrons. The molecule has 3 nitrogen and oxygen atoms in total. The van der Waals surface area contributed by atoms with Crippen molar-refractivity contribution in [3.63, 3.8) is 0 Å². The van der Waals surface area contributed by atoms with E-state index in [1.807, 2.05) is 6.92 Å². The van der Waals surface area contributed by atoms with Gasteiger partial charge in [0.1, 0.15) is 0 Å². The van der Waals surface area contributed by atoms with Crippen molar-refractivity contribution < 1.29 is 8.42 Å². The fourth-order valence-corrected chi connectivity index (χ4v) is 2.55. The lowest BCUT2D eigenvalue weighted by molar-refractivity contribution is 0.558. The van der Waals surface area contributed by atoms with Crippen molar-refractivity contribution in [1.82, 2.24) is 4.31 Å². The number of hydrogen-bond donors (Lipinski definition) is 0. The van der Waals surface area contributed by atoms with Crippen molar-refractivity contribution in [2.75, 3.05) is 6.26 Å². The van der Waals surface area contributed by atoms with Crippen LogP contribution in [0.5, 0.6) is 0 Å². The molecule has 1 aliphatic heterocycles. The third-order valence-corrected chi connectivity index (χ3v) is 3.07. The van der Waals surface area contributed by atoms with Gasteiger partial charge in [0.15, 0.2) is 0 Å². The Bertz CT molecular complexity index is 244. The Balaban J connectivity index is 2.75. The largest absolute Gasteiger partial charge is 0.212 e. The van der Waals surface area contributed by atoms with E-state index in [2.05, 4.69) is 6.58 Å². The Labute approximate surface area is 61.4 Å². The first-order chi connectivity index (χ1) is 4.48. The van der Waals surface area contributed by atoms with Gasteiger partial charge in [0, 0.05) is 6.04 Å². The molecule has 0 amide bonds. The zero-order valence-electron chi connectivity index (χ0n) is 6.11. The van der Waals surface area contributed by atoms with Crippen molar-refractivity contribution in [3.8, 4) is 0 Å². The van der Waals surface area contributed by atoms with Crippen molar-refractivity contribution in [2.24, 2.45) is 0 Å². The molecule has 0 radical (unpaired) electrons. The zero-order valence-corrected chi connectivity index (χ0v) is 6.93. The molecule has 0 aliphatic carbocycles. The molecular formula is C6H11NO2S. The molecule has 1 aliphatic rings. The van der Waals surface area contributed by atoms with Crippen LogP contribution in [0.3, 0.4) is 0 Å². The number of rotatable bonds is 2. The molecule has 1 rings (SSSR count). The van der Waals surface area contributed by atoms with E-state index in [1.54, 1.807) is 6.08 Å². The molecule has 0 bridgehead atoms. The first-order valence-corrected chi connectivity index (χ1v) is 4.94. The van der Waals surface area contributed by atoms with E-state index < -0.39 is 10.0 Å². The minimum absolute atomic E-state index is 0.0370. The third-order valence-electron chi connectivity index (χ3n) is 1.72. The van der Waals surface area contributed by atoms with Gasteiger partial charge in [-0.2, -0.15) is 4.31 Å². The maximum atomic E-state index is 10.9. The molecule has 1 saturated heterocycles. The van der Waals surface area contributed by atoms with Gasteiger partial charge in [0.05, 0.1) is 12.3 Å². The summed E-state index contributed by atoms with van der Waals surface area (Å²) in [5, 5.41) is 0. The highest BCUT2D eigenvalue weighted by Crippen LogP contribution is 2.31. The Morgan fingerprint density at radius 1 is 1.60 bits per heavy atom. The smallest absolute Gasteiger partial charge is 0.212 e. The van der Waals surface area contributed by atoms with Crippen LogP contribution in [0.15, 0.2) is 12.7 Å². The van der Waals surface area contributed by atoms with Crippen LogP contribution in [0.2, 0.25) is 0 Å². The van der Waals surface area contributed by atoms with Crippen LogP contribution in [0, 0.1) is 0 Å². The maximum absolute atomic E-state index is 10.9. The van der Waals surface area contributed by atoms with E-state index >= 15 is 0 Å². The predicted octanol–water partition coefficient (Wildman–Crippen LogP) is 0.205. The zero-order chi connectivity index (χ0) is 7.94. The monoisotopic (exact) mass is 161 g/mol. The highest BCUT2D eigenvalue weighted by atomic mass is 32.2. The summed E-state index contributed by atoms with van der Waals surface area (Å²) in [7, 11) is -2.98. The topological polar surface area (TPSA) is 37.1 Å². The standard InChI is InChI=1S/C6H11NO2S/c1-4-6-5(2)7(6)10(3,8)9/h4-6H,1H2,2-3H3/t5-,6-,7?/m0/s1. The molecule has 10 heavy (non-hydrogen) atoms. The van der Waals surface area contributed by atoms with Crippen molar-refractivity contribution in [1.29, 1.82) is 0 Å². The lowest BCUT2D eigenvalue weighted by Gasteiger charge is -1.94.